The highest BCUT2D eigenvalue weighted by Gasteiger charge is 2.38. The predicted molar refractivity (Wildman–Crippen MR) is 119 cm³/mol. The molecule has 4 aromatic rings. The minimum atomic E-state index is -0.633. The van der Waals surface area contributed by atoms with E-state index in [0.717, 1.165) is 37.3 Å². The highest BCUT2D eigenvalue weighted by molar-refractivity contribution is 9.11. The highest BCUT2D eigenvalue weighted by atomic mass is 79.9. The molecule has 0 spiro atoms. The number of benzene rings is 2. The van der Waals surface area contributed by atoms with E-state index in [1.165, 1.54) is 0 Å². The maximum absolute atomic E-state index is 12.8. The van der Waals surface area contributed by atoms with Crippen molar-refractivity contribution in [3.8, 4) is 0 Å². The summed E-state index contributed by atoms with van der Waals surface area (Å²) in [7, 11) is 0. The van der Waals surface area contributed by atoms with Crippen molar-refractivity contribution in [3.63, 3.8) is 0 Å². The van der Waals surface area contributed by atoms with Crippen LogP contribution in [0.1, 0.15) is 18.1 Å². The first-order valence-electron chi connectivity index (χ1n) is 9.05. The average Bonchev–Trinajstić information content (AvgIpc) is 3.35. The Hall–Kier alpha value is -2.64. The lowest BCUT2D eigenvalue weighted by atomic mass is 9.95. The van der Waals surface area contributed by atoms with Gasteiger partial charge in [0.1, 0.15) is 0 Å². The normalized spacial score (nSPS) is 14.4. The van der Waals surface area contributed by atoms with Gasteiger partial charge in [-0.3, -0.25) is 0 Å². The zero-order chi connectivity index (χ0) is 20.3. The molecule has 0 aliphatic carbocycles. The molecule has 144 valence electrons. The zero-order valence-corrected chi connectivity index (χ0v) is 18.4. The fourth-order valence-electron chi connectivity index (χ4n) is 3.98. The van der Waals surface area contributed by atoms with Gasteiger partial charge in [-0.25, -0.2) is 9.59 Å². The molecule has 1 aliphatic heterocycles. The number of aryl methyl sites for hydroxylation is 1. The fourth-order valence-corrected chi connectivity index (χ4v) is 5.13. The van der Waals surface area contributed by atoms with Crippen LogP contribution in [-0.4, -0.2) is 21.5 Å². The zero-order valence-electron chi connectivity index (χ0n) is 15.3. The molecule has 29 heavy (non-hydrogen) atoms. The molecular weight excluding hydrogens is 500 g/mol. The Morgan fingerprint density at radius 3 is 2.31 bits per heavy atom. The molecule has 0 bridgehead atoms. The Bertz CT molecular complexity index is 1380. The van der Waals surface area contributed by atoms with Crippen LogP contribution in [0.4, 0.5) is 0 Å². The number of fused-ring (bicyclic) bond motifs is 2. The number of nitrogens with zero attached hydrogens (tertiary/aromatic N) is 1. The lowest BCUT2D eigenvalue weighted by Crippen LogP contribution is -2.02. The van der Waals surface area contributed by atoms with E-state index in [9.17, 15) is 9.59 Å². The quantitative estimate of drug-likeness (QED) is 0.284. The topological polar surface area (TPSA) is 64.1 Å². The first kappa shape index (κ1) is 18.4. The number of rotatable bonds is 3. The summed E-state index contributed by atoms with van der Waals surface area (Å²) in [5, 5.41) is 1.72. The summed E-state index contributed by atoms with van der Waals surface area (Å²) in [5.41, 5.74) is 3.74. The van der Waals surface area contributed by atoms with Gasteiger partial charge in [0, 0.05) is 60.8 Å². The number of halogens is 2. The molecule has 2 aromatic carbocycles. The van der Waals surface area contributed by atoms with Crippen molar-refractivity contribution < 1.29 is 14.3 Å². The van der Waals surface area contributed by atoms with Crippen LogP contribution in [0.3, 0.4) is 0 Å². The van der Waals surface area contributed by atoms with Crippen LogP contribution in [-0.2, 0) is 20.9 Å². The van der Waals surface area contributed by atoms with E-state index in [-0.39, 0.29) is 11.1 Å². The summed E-state index contributed by atoms with van der Waals surface area (Å²) in [6.07, 6.45) is 3.66. The number of cyclic esters (lactones) is 2. The molecule has 0 fully saturated rings. The molecule has 5 nitrogen and oxygen atoms in total. The van der Waals surface area contributed by atoms with E-state index in [1.54, 1.807) is 6.20 Å². The second kappa shape index (κ2) is 6.71. The number of hydrogen-bond donors (Lipinski definition) is 1. The van der Waals surface area contributed by atoms with Crippen LogP contribution in [0.15, 0.2) is 57.7 Å². The minimum absolute atomic E-state index is 0.277. The predicted octanol–water partition coefficient (Wildman–Crippen LogP) is 5.66. The van der Waals surface area contributed by atoms with Crippen LogP contribution in [0.25, 0.3) is 33.0 Å². The van der Waals surface area contributed by atoms with Crippen molar-refractivity contribution in [2.24, 2.45) is 0 Å². The van der Waals surface area contributed by atoms with Gasteiger partial charge in [0.05, 0.1) is 11.1 Å². The largest absolute Gasteiger partial charge is 0.386 e. The number of aromatic nitrogens is 2. The molecule has 5 rings (SSSR count). The Morgan fingerprint density at radius 1 is 0.931 bits per heavy atom. The maximum Gasteiger partial charge on any atom is 0.347 e. The molecule has 0 saturated heterocycles. The SMILES string of the molecule is CCn1cc(C2=C(c3c[nH]c4cccc(Br)c34)C(=O)OC2=O)c2c(Br)cccc21. The Kier molecular flexibility index (Phi) is 4.26. The monoisotopic (exact) mass is 512 g/mol. The third kappa shape index (κ3) is 2.64. The van der Waals surface area contributed by atoms with Gasteiger partial charge in [0.25, 0.3) is 0 Å². The third-order valence-electron chi connectivity index (χ3n) is 5.23. The molecule has 0 unspecified atom stereocenters. The van der Waals surface area contributed by atoms with E-state index in [4.69, 9.17) is 4.74 Å². The third-order valence-corrected chi connectivity index (χ3v) is 6.55. The smallest absolute Gasteiger partial charge is 0.347 e. The van der Waals surface area contributed by atoms with Crippen molar-refractivity contribution in [2.45, 2.75) is 13.5 Å². The van der Waals surface area contributed by atoms with Gasteiger partial charge in [-0.1, -0.05) is 44.0 Å². The van der Waals surface area contributed by atoms with Crippen LogP contribution in [0.5, 0.6) is 0 Å². The van der Waals surface area contributed by atoms with Crippen LogP contribution >= 0.6 is 31.9 Å². The van der Waals surface area contributed by atoms with Gasteiger partial charge in [-0.15, -0.1) is 0 Å². The van der Waals surface area contributed by atoms with Gasteiger partial charge in [0.2, 0.25) is 0 Å². The van der Waals surface area contributed by atoms with Gasteiger partial charge in [0.15, 0.2) is 0 Å². The fraction of sp³-hybridized carbons (Fsp3) is 0.0909. The van der Waals surface area contributed by atoms with Crippen molar-refractivity contribution >= 4 is 76.8 Å². The number of ether oxygens (including phenoxy) is 1. The second-order valence-electron chi connectivity index (χ2n) is 6.75. The van der Waals surface area contributed by atoms with E-state index < -0.39 is 11.9 Å². The molecule has 1 N–H and O–H groups in total. The van der Waals surface area contributed by atoms with Crippen molar-refractivity contribution in [3.05, 3.63) is 68.9 Å². The van der Waals surface area contributed by atoms with Crippen LogP contribution in [0.2, 0.25) is 0 Å². The van der Waals surface area contributed by atoms with Crippen molar-refractivity contribution in [1.82, 2.24) is 9.55 Å². The number of carbonyl (C=O) groups excluding carboxylic acids is 2. The summed E-state index contributed by atoms with van der Waals surface area (Å²) < 4.78 is 8.83. The standard InChI is InChI=1S/C22H14Br2N2O3/c1-2-26-10-12(18-14(24)6-4-8-16(18)26)20-19(21(27)29-22(20)28)11-9-25-15-7-3-5-13(23)17(11)15/h3-10,25H,2H2,1H3. The maximum atomic E-state index is 12.8. The van der Waals surface area contributed by atoms with Crippen molar-refractivity contribution in [2.75, 3.05) is 0 Å². The Labute approximate surface area is 182 Å². The molecular formula is C22H14Br2N2O3. The van der Waals surface area contributed by atoms with Gasteiger partial charge < -0.3 is 14.3 Å². The Morgan fingerprint density at radius 2 is 1.59 bits per heavy atom. The molecule has 7 heteroatoms. The van der Waals surface area contributed by atoms with Gasteiger partial charge >= 0.3 is 11.9 Å². The molecule has 2 aromatic heterocycles. The number of nitrogens with one attached hydrogen (secondary N) is 1. The molecule has 0 saturated carbocycles. The molecule has 0 radical (unpaired) electrons. The number of carbonyl (C=O) groups is 2. The number of hydrogen-bond acceptors (Lipinski definition) is 3. The average molecular weight is 514 g/mol. The van der Waals surface area contributed by atoms with E-state index in [1.807, 2.05) is 49.5 Å². The molecule has 0 atom stereocenters. The van der Waals surface area contributed by atoms with Crippen LogP contribution in [0, 0.1) is 0 Å². The van der Waals surface area contributed by atoms with Gasteiger partial charge in [-0.05, 0) is 31.2 Å². The summed E-state index contributed by atoms with van der Waals surface area (Å²) in [6, 6.07) is 11.6. The highest BCUT2D eigenvalue weighted by Crippen LogP contribution is 2.42. The van der Waals surface area contributed by atoms with E-state index >= 15 is 0 Å². The first-order valence-corrected chi connectivity index (χ1v) is 10.6. The van der Waals surface area contributed by atoms with E-state index in [0.29, 0.717) is 11.1 Å². The van der Waals surface area contributed by atoms with Crippen molar-refractivity contribution in [1.29, 1.82) is 0 Å². The summed E-state index contributed by atoms with van der Waals surface area (Å²) in [6.45, 7) is 2.77. The molecule has 1 aliphatic rings. The van der Waals surface area contributed by atoms with Crippen LogP contribution < -0.4 is 0 Å². The summed E-state index contributed by atoms with van der Waals surface area (Å²) in [5.74, 6) is -1.26. The molecule has 3 heterocycles. The number of aromatic amines is 1. The minimum Gasteiger partial charge on any atom is -0.386 e. The molecule has 0 amide bonds. The number of esters is 2. The Balaban J connectivity index is 1.90. The lowest BCUT2D eigenvalue weighted by molar-refractivity contribution is -0.149. The first-order chi connectivity index (χ1) is 14.0. The van der Waals surface area contributed by atoms with E-state index in [2.05, 4.69) is 41.4 Å². The number of H-pyrrole nitrogens is 1. The summed E-state index contributed by atoms with van der Waals surface area (Å²) in [4.78, 5) is 28.8. The van der Waals surface area contributed by atoms with Gasteiger partial charge in [-0.2, -0.15) is 0 Å². The lowest BCUT2D eigenvalue weighted by Gasteiger charge is -2.04. The summed E-state index contributed by atoms with van der Waals surface area (Å²) >= 11 is 7.17. The second-order valence-corrected chi connectivity index (χ2v) is 8.46.